The fraction of sp³-hybridized carbons (Fsp3) is 0.400. The summed E-state index contributed by atoms with van der Waals surface area (Å²) in [5.74, 6) is -0.432. The standard InChI is InChI=1S/C25H29ClN4O5/c1-34-21-13-19(27)18(26)12-17(21)23(31)28-20-8-11-29(14-22(20)35-2)9-5-10-30-24(32)15-6-3-4-7-16(15)25(30)33/h3-4,6-7,12-13,20,22H,5,8-11,14,27H2,1-2H3,(H,28,31)/t20-,22+/m1/s1. The van der Waals surface area contributed by atoms with Crippen molar-refractivity contribution in [1.82, 2.24) is 15.1 Å². The topological polar surface area (TPSA) is 114 Å². The van der Waals surface area contributed by atoms with E-state index < -0.39 is 0 Å². The number of benzene rings is 2. The summed E-state index contributed by atoms with van der Waals surface area (Å²) < 4.78 is 11.0. The number of hydrogen-bond acceptors (Lipinski definition) is 7. The fourth-order valence-electron chi connectivity index (χ4n) is 4.64. The Bertz CT molecular complexity index is 1110. The summed E-state index contributed by atoms with van der Waals surface area (Å²) in [7, 11) is 3.09. The summed E-state index contributed by atoms with van der Waals surface area (Å²) >= 11 is 6.11. The van der Waals surface area contributed by atoms with E-state index >= 15 is 0 Å². The van der Waals surface area contributed by atoms with E-state index in [1.807, 2.05) is 0 Å². The quantitative estimate of drug-likeness (QED) is 0.422. The van der Waals surface area contributed by atoms with E-state index in [0.717, 1.165) is 6.54 Å². The number of nitrogen functional groups attached to an aromatic ring is 1. The van der Waals surface area contributed by atoms with Crippen LogP contribution in [0.15, 0.2) is 36.4 Å². The van der Waals surface area contributed by atoms with Crippen LogP contribution in [0.25, 0.3) is 0 Å². The van der Waals surface area contributed by atoms with Crippen LogP contribution in [0.5, 0.6) is 5.75 Å². The van der Waals surface area contributed by atoms with Crippen molar-refractivity contribution >= 4 is 35.0 Å². The number of rotatable bonds is 8. The zero-order valence-corrected chi connectivity index (χ0v) is 20.5. The molecule has 2 aliphatic rings. The van der Waals surface area contributed by atoms with Gasteiger partial charge in [0.05, 0.1) is 46.7 Å². The fourth-order valence-corrected chi connectivity index (χ4v) is 4.81. The van der Waals surface area contributed by atoms with Crippen molar-refractivity contribution < 1.29 is 23.9 Å². The monoisotopic (exact) mass is 500 g/mol. The van der Waals surface area contributed by atoms with Crippen LogP contribution in [0.4, 0.5) is 5.69 Å². The summed E-state index contributed by atoms with van der Waals surface area (Å²) in [4.78, 5) is 41.6. The molecule has 3 N–H and O–H groups in total. The highest BCUT2D eigenvalue weighted by Crippen LogP contribution is 2.29. The molecule has 0 aromatic heterocycles. The molecule has 186 valence electrons. The van der Waals surface area contributed by atoms with Gasteiger partial charge in [0.1, 0.15) is 5.75 Å². The number of anilines is 1. The van der Waals surface area contributed by atoms with Crippen LogP contribution in [0.3, 0.4) is 0 Å². The highest BCUT2D eigenvalue weighted by molar-refractivity contribution is 6.33. The molecule has 0 saturated carbocycles. The van der Waals surface area contributed by atoms with Crippen molar-refractivity contribution in [2.75, 3.05) is 46.1 Å². The number of carbonyl (C=O) groups is 3. The zero-order valence-electron chi connectivity index (χ0n) is 19.8. The first-order valence-corrected chi connectivity index (χ1v) is 11.9. The summed E-state index contributed by atoms with van der Waals surface area (Å²) in [6, 6.07) is 9.74. The number of imide groups is 1. The van der Waals surface area contributed by atoms with Crippen LogP contribution in [0.1, 0.15) is 43.9 Å². The molecule has 10 heteroatoms. The molecule has 4 rings (SSSR count). The molecule has 0 unspecified atom stereocenters. The van der Waals surface area contributed by atoms with Gasteiger partial charge in [0, 0.05) is 32.8 Å². The summed E-state index contributed by atoms with van der Waals surface area (Å²) in [6.45, 7) is 2.42. The molecule has 2 aliphatic heterocycles. The second-order valence-corrected chi connectivity index (χ2v) is 9.09. The first-order chi connectivity index (χ1) is 16.8. The number of amides is 3. The first kappa shape index (κ1) is 25.0. The second-order valence-electron chi connectivity index (χ2n) is 8.68. The number of fused-ring (bicyclic) bond motifs is 1. The largest absolute Gasteiger partial charge is 0.496 e. The Labute approximate surface area is 209 Å². The van der Waals surface area contributed by atoms with Gasteiger partial charge < -0.3 is 25.4 Å². The molecule has 1 fully saturated rings. The van der Waals surface area contributed by atoms with Gasteiger partial charge in [-0.15, -0.1) is 0 Å². The number of ether oxygens (including phenoxy) is 2. The van der Waals surface area contributed by atoms with E-state index in [-0.39, 0.29) is 34.9 Å². The van der Waals surface area contributed by atoms with Gasteiger partial charge in [0.15, 0.2) is 0 Å². The third kappa shape index (κ3) is 5.12. The van der Waals surface area contributed by atoms with Crippen LogP contribution in [0.2, 0.25) is 5.02 Å². The van der Waals surface area contributed by atoms with Gasteiger partial charge in [-0.1, -0.05) is 23.7 Å². The molecule has 2 aromatic rings. The molecular weight excluding hydrogens is 472 g/mol. The van der Waals surface area contributed by atoms with Crippen LogP contribution in [0, 0.1) is 0 Å². The molecule has 35 heavy (non-hydrogen) atoms. The third-order valence-electron chi connectivity index (χ3n) is 6.56. The smallest absolute Gasteiger partial charge is 0.261 e. The Morgan fingerprint density at radius 2 is 1.83 bits per heavy atom. The first-order valence-electron chi connectivity index (χ1n) is 11.5. The Morgan fingerprint density at radius 3 is 2.46 bits per heavy atom. The van der Waals surface area contributed by atoms with Crippen molar-refractivity contribution in [2.24, 2.45) is 0 Å². The maximum absolute atomic E-state index is 12.9. The maximum Gasteiger partial charge on any atom is 0.261 e. The molecule has 0 spiro atoms. The Morgan fingerprint density at radius 1 is 1.14 bits per heavy atom. The normalized spacial score (nSPS) is 20.1. The SMILES string of the molecule is COc1cc(N)c(Cl)cc1C(=O)N[C@@H]1CCN(CCCN2C(=O)c3ccccc3C2=O)C[C@@H]1OC. The number of likely N-dealkylation sites (tertiary alicyclic amines) is 1. The second kappa shape index (κ2) is 10.6. The van der Waals surface area contributed by atoms with Crippen molar-refractivity contribution in [2.45, 2.75) is 25.0 Å². The molecule has 0 radical (unpaired) electrons. The maximum atomic E-state index is 12.9. The van der Waals surface area contributed by atoms with Gasteiger partial charge in [0.2, 0.25) is 0 Å². The van der Waals surface area contributed by atoms with E-state index in [4.69, 9.17) is 26.8 Å². The van der Waals surface area contributed by atoms with Crippen LogP contribution in [-0.4, -0.2) is 80.1 Å². The minimum absolute atomic E-state index is 0.193. The molecule has 2 aromatic carbocycles. The van der Waals surface area contributed by atoms with Crippen molar-refractivity contribution in [3.8, 4) is 5.75 Å². The van der Waals surface area contributed by atoms with Crippen molar-refractivity contribution in [3.05, 3.63) is 58.1 Å². The predicted molar refractivity (Wildman–Crippen MR) is 132 cm³/mol. The van der Waals surface area contributed by atoms with Crippen molar-refractivity contribution in [1.29, 1.82) is 0 Å². The van der Waals surface area contributed by atoms with Gasteiger partial charge >= 0.3 is 0 Å². The lowest BCUT2D eigenvalue weighted by Crippen LogP contribution is -2.55. The molecule has 3 amide bonds. The van der Waals surface area contributed by atoms with Crippen LogP contribution >= 0.6 is 11.6 Å². The summed E-state index contributed by atoms with van der Waals surface area (Å²) in [6.07, 6.45) is 1.12. The van der Waals surface area contributed by atoms with Crippen LogP contribution in [-0.2, 0) is 4.74 Å². The number of halogens is 1. The lowest BCUT2D eigenvalue weighted by Gasteiger charge is -2.38. The number of nitrogens with two attached hydrogens (primary N) is 1. The molecule has 2 atom stereocenters. The minimum atomic E-state index is -0.310. The highest BCUT2D eigenvalue weighted by Gasteiger charge is 2.35. The molecule has 2 heterocycles. The Hall–Kier alpha value is -3.14. The Balaban J connectivity index is 1.30. The van der Waals surface area contributed by atoms with Gasteiger partial charge in [0.25, 0.3) is 17.7 Å². The number of nitrogens with zero attached hydrogens (tertiary/aromatic N) is 2. The molecule has 9 nitrogen and oxygen atoms in total. The van der Waals surface area contributed by atoms with E-state index in [0.29, 0.717) is 60.6 Å². The lowest BCUT2D eigenvalue weighted by atomic mass is 10.0. The lowest BCUT2D eigenvalue weighted by molar-refractivity contribution is 0.00560. The summed E-state index contributed by atoms with van der Waals surface area (Å²) in [5, 5.41) is 3.32. The third-order valence-corrected chi connectivity index (χ3v) is 6.89. The number of nitrogens with one attached hydrogen (secondary N) is 1. The average Bonchev–Trinajstić information content (AvgIpc) is 3.11. The number of hydrogen-bond donors (Lipinski definition) is 2. The predicted octanol–water partition coefficient (Wildman–Crippen LogP) is 2.44. The van der Waals surface area contributed by atoms with E-state index in [9.17, 15) is 14.4 Å². The highest BCUT2D eigenvalue weighted by atomic mass is 35.5. The van der Waals surface area contributed by atoms with Crippen molar-refractivity contribution in [3.63, 3.8) is 0 Å². The van der Waals surface area contributed by atoms with E-state index in [1.54, 1.807) is 31.4 Å². The number of methoxy groups -OCH3 is 2. The molecule has 1 saturated heterocycles. The van der Waals surface area contributed by atoms with Crippen LogP contribution < -0.4 is 15.8 Å². The summed E-state index contributed by atoms with van der Waals surface area (Å²) in [5.41, 5.74) is 7.39. The van der Waals surface area contributed by atoms with Gasteiger partial charge in [-0.3, -0.25) is 19.3 Å². The number of carbonyl (C=O) groups excluding carboxylic acids is 3. The zero-order chi connectivity index (χ0) is 25.1. The van der Waals surface area contributed by atoms with Gasteiger partial charge in [-0.2, -0.15) is 0 Å². The Kier molecular flexibility index (Phi) is 7.59. The van der Waals surface area contributed by atoms with Gasteiger partial charge in [-0.05, 0) is 37.6 Å². The molecule has 0 bridgehead atoms. The minimum Gasteiger partial charge on any atom is -0.496 e. The van der Waals surface area contributed by atoms with E-state index in [2.05, 4.69) is 10.2 Å². The number of piperidine rings is 1. The average molecular weight is 501 g/mol. The van der Waals surface area contributed by atoms with E-state index in [1.165, 1.54) is 24.1 Å². The van der Waals surface area contributed by atoms with Gasteiger partial charge in [-0.25, -0.2) is 0 Å². The molecule has 0 aliphatic carbocycles. The molecular formula is C25H29ClN4O5.